The Balaban J connectivity index is 2.75. The maximum atomic E-state index is 13.3. The summed E-state index contributed by atoms with van der Waals surface area (Å²) in [7, 11) is 0. The lowest BCUT2D eigenvalue weighted by Crippen LogP contribution is -2.24. The fourth-order valence-electron chi connectivity index (χ4n) is 1.12. The molecule has 0 spiro atoms. The highest BCUT2D eigenvalue weighted by molar-refractivity contribution is 6.30. The van der Waals surface area contributed by atoms with E-state index < -0.39 is 17.5 Å². The van der Waals surface area contributed by atoms with E-state index in [4.69, 9.17) is 17.3 Å². The lowest BCUT2D eigenvalue weighted by atomic mass is 10.2. The quantitative estimate of drug-likeness (QED) is 0.641. The van der Waals surface area contributed by atoms with E-state index in [1.807, 2.05) is 0 Å². The predicted molar refractivity (Wildman–Crippen MR) is 61.9 cm³/mol. The Morgan fingerprint density at radius 3 is 2.71 bits per heavy atom. The van der Waals surface area contributed by atoms with Crippen LogP contribution in [0.2, 0.25) is 5.02 Å². The molecule has 17 heavy (non-hydrogen) atoms. The molecule has 0 fully saturated rings. The van der Waals surface area contributed by atoms with Crippen molar-refractivity contribution in [2.45, 2.75) is 0 Å². The molecule has 0 aliphatic heterocycles. The van der Waals surface area contributed by atoms with Crippen molar-refractivity contribution in [1.82, 2.24) is 5.32 Å². The molecule has 0 saturated heterocycles. The Labute approximate surface area is 102 Å². The van der Waals surface area contributed by atoms with Gasteiger partial charge in [-0.15, -0.1) is 0 Å². The topological polar surface area (TPSA) is 55.1 Å². The van der Waals surface area contributed by atoms with Crippen molar-refractivity contribution in [3.8, 4) is 0 Å². The molecule has 1 amide bonds. The summed E-state index contributed by atoms with van der Waals surface area (Å²) in [6.07, 6.45) is 3.25. The van der Waals surface area contributed by atoms with Crippen LogP contribution in [0.15, 0.2) is 24.3 Å². The van der Waals surface area contributed by atoms with Crippen molar-refractivity contribution in [3.05, 3.63) is 46.5 Å². The summed E-state index contributed by atoms with van der Waals surface area (Å²) < 4.78 is 26.4. The van der Waals surface area contributed by atoms with Crippen molar-refractivity contribution in [2.75, 3.05) is 13.1 Å². The van der Waals surface area contributed by atoms with Gasteiger partial charge in [-0.1, -0.05) is 23.8 Å². The third-order valence-electron chi connectivity index (χ3n) is 1.94. The molecule has 0 unspecified atom stereocenters. The molecular weight excluding hydrogens is 250 g/mol. The highest BCUT2D eigenvalue weighted by atomic mass is 35.5. The summed E-state index contributed by atoms with van der Waals surface area (Å²) in [4.78, 5) is 11.5. The molecule has 0 aliphatic carbocycles. The summed E-state index contributed by atoms with van der Waals surface area (Å²) in [5.74, 6) is -2.41. The molecule has 0 bridgehead atoms. The van der Waals surface area contributed by atoms with Crippen molar-refractivity contribution in [1.29, 1.82) is 0 Å². The number of hydrogen-bond acceptors (Lipinski definition) is 2. The van der Waals surface area contributed by atoms with E-state index in [0.717, 1.165) is 12.1 Å². The van der Waals surface area contributed by atoms with E-state index in [1.165, 1.54) is 0 Å². The number of carbonyl (C=O) groups is 1. The monoisotopic (exact) mass is 260 g/mol. The number of halogens is 3. The molecule has 0 radical (unpaired) electrons. The van der Waals surface area contributed by atoms with Crippen LogP contribution in [0.25, 0.3) is 0 Å². The first-order valence-electron chi connectivity index (χ1n) is 4.84. The van der Waals surface area contributed by atoms with E-state index in [0.29, 0.717) is 6.54 Å². The average Bonchev–Trinajstić information content (AvgIpc) is 2.29. The van der Waals surface area contributed by atoms with E-state index in [9.17, 15) is 13.6 Å². The van der Waals surface area contributed by atoms with E-state index in [2.05, 4.69) is 5.32 Å². The van der Waals surface area contributed by atoms with Crippen LogP contribution in [0.3, 0.4) is 0 Å². The fourth-order valence-corrected chi connectivity index (χ4v) is 1.27. The molecule has 0 atom stereocenters. The zero-order valence-electron chi connectivity index (χ0n) is 8.84. The molecule has 0 aliphatic rings. The lowest BCUT2D eigenvalue weighted by Gasteiger charge is -2.04. The summed E-state index contributed by atoms with van der Waals surface area (Å²) in [5.41, 5.74) is 4.81. The van der Waals surface area contributed by atoms with E-state index in [1.54, 1.807) is 12.2 Å². The predicted octanol–water partition coefficient (Wildman–Crippen LogP) is 1.86. The third-order valence-corrected chi connectivity index (χ3v) is 2.23. The molecule has 0 saturated carbocycles. The minimum absolute atomic E-state index is 0.194. The summed E-state index contributed by atoms with van der Waals surface area (Å²) in [6, 6.07) is 1.53. The van der Waals surface area contributed by atoms with Gasteiger partial charge in [0.2, 0.25) is 0 Å². The zero-order chi connectivity index (χ0) is 12.8. The van der Waals surface area contributed by atoms with Crippen LogP contribution in [0.4, 0.5) is 8.78 Å². The SMILES string of the molecule is NC/C=C/CNC(=O)c1cc(F)c(Cl)cc1F. The van der Waals surface area contributed by atoms with Crippen molar-refractivity contribution >= 4 is 17.5 Å². The van der Waals surface area contributed by atoms with Crippen LogP contribution in [0.5, 0.6) is 0 Å². The molecule has 6 heteroatoms. The number of rotatable bonds is 4. The van der Waals surface area contributed by atoms with Crippen molar-refractivity contribution < 1.29 is 13.6 Å². The fraction of sp³-hybridized carbons (Fsp3) is 0.182. The van der Waals surface area contributed by atoms with Gasteiger partial charge in [0.25, 0.3) is 5.91 Å². The Bertz CT molecular complexity index is 449. The van der Waals surface area contributed by atoms with Crippen LogP contribution in [0.1, 0.15) is 10.4 Å². The van der Waals surface area contributed by atoms with Crippen molar-refractivity contribution in [3.63, 3.8) is 0 Å². The number of amides is 1. The second-order valence-electron chi connectivity index (χ2n) is 3.16. The van der Waals surface area contributed by atoms with Gasteiger partial charge >= 0.3 is 0 Å². The number of carbonyl (C=O) groups excluding carboxylic acids is 1. The summed E-state index contributed by atoms with van der Waals surface area (Å²) in [5, 5.41) is 2.03. The standard InChI is InChI=1S/C11H11ClF2N2O/c12-8-6-9(13)7(5-10(8)14)11(17)16-4-2-1-3-15/h1-2,5-6H,3-4,15H2,(H,16,17)/b2-1+. The molecule has 1 aromatic rings. The molecule has 3 nitrogen and oxygen atoms in total. The minimum atomic E-state index is -0.864. The second kappa shape index (κ2) is 6.32. The molecule has 3 N–H and O–H groups in total. The second-order valence-corrected chi connectivity index (χ2v) is 3.57. The van der Waals surface area contributed by atoms with Gasteiger partial charge in [0.1, 0.15) is 11.6 Å². The third kappa shape index (κ3) is 3.80. The van der Waals surface area contributed by atoms with Gasteiger partial charge in [-0.2, -0.15) is 0 Å². The number of nitrogens with two attached hydrogens (primary N) is 1. The van der Waals surface area contributed by atoms with Gasteiger partial charge < -0.3 is 11.1 Å². The van der Waals surface area contributed by atoms with Crippen LogP contribution < -0.4 is 11.1 Å². The first-order valence-corrected chi connectivity index (χ1v) is 5.22. The normalized spacial score (nSPS) is 10.8. The molecular formula is C11H11ClF2N2O. The summed E-state index contributed by atoms with van der Waals surface area (Å²) in [6.45, 7) is 0.541. The average molecular weight is 261 g/mol. The minimum Gasteiger partial charge on any atom is -0.348 e. The number of nitrogens with one attached hydrogen (secondary N) is 1. The number of benzene rings is 1. The van der Waals surface area contributed by atoms with Crippen LogP contribution >= 0.6 is 11.6 Å². The Morgan fingerprint density at radius 2 is 2.06 bits per heavy atom. The molecule has 0 aromatic heterocycles. The van der Waals surface area contributed by atoms with Gasteiger partial charge in [0.15, 0.2) is 0 Å². The van der Waals surface area contributed by atoms with Gasteiger partial charge in [-0.25, -0.2) is 8.78 Å². The molecule has 1 aromatic carbocycles. The van der Waals surface area contributed by atoms with Crippen LogP contribution in [-0.4, -0.2) is 19.0 Å². The first-order chi connectivity index (χ1) is 8.06. The van der Waals surface area contributed by atoms with Crippen molar-refractivity contribution in [2.24, 2.45) is 5.73 Å². The smallest absolute Gasteiger partial charge is 0.254 e. The maximum absolute atomic E-state index is 13.3. The highest BCUT2D eigenvalue weighted by Gasteiger charge is 2.14. The Kier molecular flexibility index (Phi) is 5.06. The van der Waals surface area contributed by atoms with Gasteiger partial charge in [-0.3, -0.25) is 4.79 Å². The van der Waals surface area contributed by atoms with Gasteiger partial charge in [0, 0.05) is 13.1 Å². The van der Waals surface area contributed by atoms with E-state index in [-0.39, 0.29) is 17.1 Å². The molecule has 1 rings (SSSR count). The highest BCUT2D eigenvalue weighted by Crippen LogP contribution is 2.19. The largest absolute Gasteiger partial charge is 0.348 e. The zero-order valence-corrected chi connectivity index (χ0v) is 9.60. The van der Waals surface area contributed by atoms with Gasteiger partial charge in [0.05, 0.1) is 10.6 Å². The maximum Gasteiger partial charge on any atom is 0.254 e. The molecule has 0 heterocycles. The number of hydrogen-bond donors (Lipinski definition) is 2. The summed E-state index contributed by atoms with van der Waals surface area (Å²) >= 11 is 5.36. The Hall–Kier alpha value is -1.46. The van der Waals surface area contributed by atoms with Gasteiger partial charge in [-0.05, 0) is 12.1 Å². The first kappa shape index (κ1) is 13.6. The van der Waals surface area contributed by atoms with Crippen LogP contribution in [-0.2, 0) is 0 Å². The Morgan fingerprint density at radius 1 is 1.35 bits per heavy atom. The van der Waals surface area contributed by atoms with Crippen LogP contribution in [0, 0.1) is 11.6 Å². The van der Waals surface area contributed by atoms with E-state index >= 15 is 0 Å². The molecule has 92 valence electrons. The lowest BCUT2D eigenvalue weighted by molar-refractivity contribution is 0.0953.